The first kappa shape index (κ1) is 12.3. The molecule has 0 spiro atoms. The van der Waals surface area contributed by atoms with E-state index in [1.807, 2.05) is 30.4 Å². The van der Waals surface area contributed by atoms with Crippen LogP contribution in [0.2, 0.25) is 0 Å². The molecule has 0 heterocycles. The Bertz CT molecular complexity index is 739. The summed E-state index contributed by atoms with van der Waals surface area (Å²) in [6.45, 7) is 0. The summed E-state index contributed by atoms with van der Waals surface area (Å²) < 4.78 is 38.4. The Balaban J connectivity index is 2.39. The second-order valence-electron chi connectivity index (χ2n) is 4.86. The molecule has 98 valence electrons. The maximum Gasteiger partial charge on any atom is 0.393 e. The van der Waals surface area contributed by atoms with Crippen molar-refractivity contribution in [2.24, 2.45) is 0 Å². The van der Waals surface area contributed by atoms with Crippen LogP contribution in [0.5, 0.6) is 0 Å². The number of hydrogen-bond donors (Lipinski definition) is 0. The van der Waals surface area contributed by atoms with Crippen LogP contribution in [0.25, 0.3) is 22.9 Å². The van der Waals surface area contributed by atoms with E-state index < -0.39 is 12.6 Å². The van der Waals surface area contributed by atoms with Gasteiger partial charge in [0.2, 0.25) is 0 Å². The molecule has 1 aliphatic rings. The third kappa shape index (κ3) is 2.37. The topological polar surface area (TPSA) is 0 Å². The van der Waals surface area contributed by atoms with Crippen molar-refractivity contribution < 1.29 is 13.2 Å². The van der Waals surface area contributed by atoms with Crippen molar-refractivity contribution >= 4 is 22.9 Å². The van der Waals surface area contributed by atoms with Crippen molar-refractivity contribution in [3.63, 3.8) is 0 Å². The summed E-state index contributed by atoms with van der Waals surface area (Å²) in [5, 5.41) is 3.30. The van der Waals surface area contributed by atoms with E-state index >= 15 is 0 Å². The highest BCUT2D eigenvalue weighted by atomic mass is 19.4. The standard InChI is InChI=1S/C16H13F3/c17-16(18,19)10-15-13-7-3-1-5-11(13)9-12-6-2-4-8-14(12)15/h1,3,5-9H,2,4,10H2. The Kier molecular flexibility index (Phi) is 2.85. The zero-order valence-corrected chi connectivity index (χ0v) is 10.3. The van der Waals surface area contributed by atoms with Gasteiger partial charge >= 0.3 is 6.18 Å². The largest absolute Gasteiger partial charge is 0.393 e. The summed E-state index contributed by atoms with van der Waals surface area (Å²) in [5.74, 6) is 0. The molecule has 3 rings (SSSR count). The molecule has 0 nitrogen and oxygen atoms in total. The Morgan fingerprint density at radius 2 is 1.74 bits per heavy atom. The monoisotopic (exact) mass is 262 g/mol. The van der Waals surface area contributed by atoms with E-state index in [9.17, 15) is 13.2 Å². The lowest BCUT2D eigenvalue weighted by Crippen LogP contribution is -2.33. The number of hydrogen-bond acceptors (Lipinski definition) is 0. The number of benzene rings is 2. The first-order valence-corrected chi connectivity index (χ1v) is 6.32. The van der Waals surface area contributed by atoms with Gasteiger partial charge in [-0.2, -0.15) is 13.2 Å². The van der Waals surface area contributed by atoms with Gasteiger partial charge in [0.15, 0.2) is 0 Å². The highest BCUT2D eigenvalue weighted by Crippen LogP contribution is 2.24. The molecule has 0 radical (unpaired) electrons. The second kappa shape index (κ2) is 4.41. The molecule has 0 saturated heterocycles. The first-order valence-electron chi connectivity index (χ1n) is 6.32. The molecular formula is C16H13F3. The highest BCUT2D eigenvalue weighted by molar-refractivity contribution is 5.86. The lowest BCUT2D eigenvalue weighted by atomic mass is 9.94. The van der Waals surface area contributed by atoms with E-state index in [1.54, 1.807) is 12.1 Å². The SMILES string of the molecule is FC(F)(F)Cc1c2c(cc3ccccc13)=CCCC=2. The van der Waals surface area contributed by atoms with Gasteiger partial charge in [0.1, 0.15) is 0 Å². The Hall–Kier alpha value is -1.77. The van der Waals surface area contributed by atoms with E-state index in [4.69, 9.17) is 0 Å². The molecule has 2 aromatic carbocycles. The first-order chi connectivity index (χ1) is 9.04. The maximum atomic E-state index is 12.8. The molecule has 0 N–H and O–H groups in total. The van der Waals surface area contributed by atoms with Gasteiger partial charge in [-0.15, -0.1) is 0 Å². The molecule has 3 heteroatoms. The molecule has 0 atom stereocenters. The van der Waals surface area contributed by atoms with Crippen molar-refractivity contribution in [2.75, 3.05) is 0 Å². The van der Waals surface area contributed by atoms with Gasteiger partial charge < -0.3 is 0 Å². The Labute approximate surface area is 108 Å². The molecule has 0 aliphatic heterocycles. The predicted octanol–water partition coefficient (Wildman–Crippen LogP) is 3.30. The lowest BCUT2D eigenvalue weighted by Gasteiger charge is -2.13. The van der Waals surface area contributed by atoms with Gasteiger partial charge in [-0.1, -0.05) is 36.4 Å². The fraction of sp³-hybridized carbons (Fsp3) is 0.250. The third-order valence-electron chi connectivity index (χ3n) is 3.49. The maximum absolute atomic E-state index is 12.8. The molecule has 19 heavy (non-hydrogen) atoms. The molecule has 0 bridgehead atoms. The van der Waals surface area contributed by atoms with Crippen LogP contribution >= 0.6 is 0 Å². The Morgan fingerprint density at radius 1 is 1.00 bits per heavy atom. The number of fused-ring (bicyclic) bond motifs is 2. The van der Waals surface area contributed by atoms with Crippen molar-refractivity contribution in [3.05, 3.63) is 46.3 Å². The average molecular weight is 262 g/mol. The normalized spacial score (nSPS) is 14.7. The van der Waals surface area contributed by atoms with Gasteiger partial charge in [-0.05, 0) is 45.7 Å². The van der Waals surface area contributed by atoms with Crippen molar-refractivity contribution in [1.29, 1.82) is 0 Å². The molecule has 0 aromatic heterocycles. The fourth-order valence-electron chi connectivity index (χ4n) is 2.73. The molecule has 1 aliphatic carbocycles. The van der Waals surface area contributed by atoms with Crippen molar-refractivity contribution in [2.45, 2.75) is 25.4 Å². The molecule has 0 amide bonds. The summed E-state index contributed by atoms with van der Waals surface area (Å²) in [4.78, 5) is 0. The fourth-order valence-corrected chi connectivity index (χ4v) is 2.73. The molecule has 0 fully saturated rings. The minimum absolute atomic E-state index is 0.413. The summed E-state index contributed by atoms with van der Waals surface area (Å²) in [7, 11) is 0. The quantitative estimate of drug-likeness (QED) is 0.739. The summed E-state index contributed by atoms with van der Waals surface area (Å²) in [6.07, 6.45) is 0.641. The van der Waals surface area contributed by atoms with Crippen LogP contribution in [0.1, 0.15) is 18.4 Å². The zero-order valence-electron chi connectivity index (χ0n) is 10.3. The van der Waals surface area contributed by atoms with E-state index in [0.29, 0.717) is 10.9 Å². The third-order valence-corrected chi connectivity index (χ3v) is 3.49. The van der Waals surface area contributed by atoms with Crippen molar-refractivity contribution in [1.82, 2.24) is 0 Å². The van der Waals surface area contributed by atoms with E-state index in [-0.39, 0.29) is 0 Å². The minimum Gasteiger partial charge on any atom is -0.171 e. The van der Waals surface area contributed by atoms with E-state index in [0.717, 1.165) is 28.7 Å². The van der Waals surface area contributed by atoms with Crippen LogP contribution in [-0.4, -0.2) is 6.18 Å². The van der Waals surface area contributed by atoms with Crippen LogP contribution in [0.4, 0.5) is 13.2 Å². The van der Waals surface area contributed by atoms with Gasteiger partial charge in [-0.3, -0.25) is 0 Å². The van der Waals surface area contributed by atoms with Crippen molar-refractivity contribution in [3.8, 4) is 0 Å². The smallest absolute Gasteiger partial charge is 0.171 e. The summed E-state index contributed by atoms with van der Waals surface area (Å²) in [5.41, 5.74) is 0.413. The minimum atomic E-state index is -4.18. The lowest BCUT2D eigenvalue weighted by molar-refractivity contribution is -0.127. The van der Waals surface area contributed by atoms with Gasteiger partial charge in [-0.25, -0.2) is 0 Å². The highest BCUT2D eigenvalue weighted by Gasteiger charge is 2.29. The van der Waals surface area contributed by atoms with Crippen LogP contribution in [0, 0.1) is 0 Å². The molecular weight excluding hydrogens is 249 g/mol. The van der Waals surface area contributed by atoms with Gasteiger partial charge in [0.05, 0.1) is 6.42 Å². The van der Waals surface area contributed by atoms with E-state index in [2.05, 4.69) is 0 Å². The van der Waals surface area contributed by atoms with Crippen LogP contribution in [0.3, 0.4) is 0 Å². The number of alkyl halides is 3. The average Bonchev–Trinajstić information content (AvgIpc) is 2.37. The van der Waals surface area contributed by atoms with Crippen LogP contribution in [0.15, 0.2) is 30.3 Å². The molecule has 0 unspecified atom stereocenters. The second-order valence-corrected chi connectivity index (χ2v) is 4.86. The zero-order chi connectivity index (χ0) is 13.5. The predicted molar refractivity (Wildman–Crippen MR) is 71.1 cm³/mol. The van der Waals surface area contributed by atoms with Crippen LogP contribution in [-0.2, 0) is 6.42 Å². The molecule has 2 aromatic rings. The number of rotatable bonds is 1. The Morgan fingerprint density at radius 3 is 2.53 bits per heavy atom. The van der Waals surface area contributed by atoms with E-state index in [1.165, 1.54) is 0 Å². The number of halogens is 3. The molecule has 0 saturated carbocycles. The summed E-state index contributed by atoms with van der Waals surface area (Å²) in [6, 6.07) is 9.29. The van der Waals surface area contributed by atoms with Crippen LogP contribution < -0.4 is 10.4 Å². The van der Waals surface area contributed by atoms with Gasteiger partial charge in [0.25, 0.3) is 0 Å². The van der Waals surface area contributed by atoms with Gasteiger partial charge in [0, 0.05) is 0 Å². The summed E-state index contributed by atoms with van der Waals surface area (Å²) >= 11 is 0.